The zero-order valence-electron chi connectivity index (χ0n) is 28.2. The summed E-state index contributed by atoms with van der Waals surface area (Å²) in [4.78, 5) is 23.4. The number of hydrogen-bond donors (Lipinski definition) is 5. The van der Waals surface area contributed by atoms with E-state index in [4.69, 9.17) is 68.4 Å². The molecule has 0 saturated heterocycles. The van der Waals surface area contributed by atoms with Crippen molar-refractivity contribution in [1.82, 2.24) is 0 Å². The lowest BCUT2D eigenvalue weighted by atomic mass is 10.2. The van der Waals surface area contributed by atoms with Gasteiger partial charge in [-0.15, -0.1) is 0 Å². The van der Waals surface area contributed by atoms with Crippen LogP contribution in [-0.2, 0) is 18.9 Å². The van der Waals surface area contributed by atoms with E-state index in [9.17, 15) is 9.59 Å². The molecule has 0 fully saturated rings. The molecule has 2 rings (SSSR count). The minimum absolute atomic E-state index is 0. The minimum Gasteiger partial charge on any atom is -0.490 e. The summed E-state index contributed by atoms with van der Waals surface area (Å²) in [7, 11) is 0. The van der Waals surface area contributed by atoms with Gasteiger partial charge < -0.3 is 39.6 Å². The molecule has 270 valence electrons. The molecule has 0 aliphatic carbocycles. The maximum atomic E-state index is 11.7. The quantitative estimate of drug-likeness (QED) is 0.0964. The number of amides is 2. The van der Waals surface area contributed by atoms with Gasteiger partial charge in [-0.05, 0) is 72.2 Å². The number of anilines is 2. The molecule has 0 radical (unpaired) electrons. The van der Waals surface area contributed by atoms with Gasteiger partial charge in [0.05, 0.1) is 29.9 Å². The van der Waals surface area contributed by atoms with Crippen LogP contribution in [0, 0.1) is 11.1 Å². The van der Waals surface area contributed by atoms with Gasteiger partial charge in [0.15, 0.2) is 0 Å². The second-order valence-electron chi connectivity index (χ2n) is 11.3. The van der Waals surface area contributed by atoms with Crippen LogP contribution in [0.4, 0.5) is 21.0 Å². The average molecular weight is 711 g/mol. The molecule has 0 unspecified atom stereocenters. The van der Waals surface area contributed by atoms with Gasteiger partial charge in [-0.2, -0.15) is 0 Å². The van der Waals surface area contributed by atoms with Gasteiger partial charge in [0.25, 0.3) is 0 Å². The fourth-order valence-corrected chi connectivity index (χ4v) is 3.42. The lowest BCUT2D eigenvalue weighted by Crippen LogP contribution is -2.27. The Labute approximate surface area is 288 Å². The first-order valence-electron chi connectivity index (χ1n) is 14.6. The molecule has 8 N–H and O–H groups in total. The van der Waals surface area contributed by atoms with Crippen molar-refractivity contribution in [3.8, 4) is 11.5 Å². The van der Waals surface area contributed by atoms with Crippen LogP contribution >= 0.6 is 23.2 Å². The second kappa shape index (κ2) is 24.7. The van der Waals surface area contributed by atoms with Crippen molar-refractivity contribution in [1.29, 1.82) is 11.1 Å². The van der Waals surface area contributed by atoms with Crippen LogP contribution in [0.3, 0.4) is 0 Å². The van der Waals surface area contributed by atoms with Crippen LogP contribution in [0.5, 0.6) is 11.5 Å². The molecule has 47 heavy (non-hydrogen) atoms. The lowest BCUT2D eigenvalue weighted by Gasteiger charge is -2.20. The Hall–Kier alpha value is -3.40. The first-order valence-corrected chi connectivity index (χ1v) is 15.3. The molecule has 14 nitrogen and oxygen atoms in total. The van der Waals surface area contributed by atoms with Gasteiger partial charge in [0.1, 0.15) is 35.9 Å². The fourth-order valence-electron chi connectivity index (χ4n) is 3.08. The fraction of sp³-hybridized carbons (Fsp3) is 0.548. The van der Waals surface area contributed by atoms with Gasteiger partial charge >= 0.3 is 12.2 Å². The maximum absolute atomic E-state index is 11.7. The van der Waals surface area contributed by atoms with Crippen LogP contribution in [0.25, 0.3) is 0 Å². The van der Waals surface area contributed by atoms with Crippen LogP contribution in [-0.4, -0.2) is 75.1 Å². The molecule has 0 heterocycles. The normalized spacial score (nSPS) is 10.5. The van der Waals surface area contributed by atoms with Crippen molar-refractivity contribution in [3.05, 3.63) is 46.4 Å². The summed E-state index contributed by atoms with van der Waals surface area (Å²) < 4.78 is 32.0. The summed E-state index contributed by atoms with van der Waals surface area (Å²) in [6.45, 7) is 16.2. The zero-order valence-corrected chi connectivity index (χ0v) is 29.7. The minimum atomic E-state index is -0.559. The first kappa shape index (κ1) is 45.7. The lowest BCUT2D eigenvalue weighted by molar-refractivity contribution is 0.0624. The van der Waals surface area contributed by atoms with Crippen molar-refractivity contribution in [2.24, 2.45) is 5.73 Å². The highest BCUT2D eigenvalue weighted by molar-refractivity contribution is 6.32. The number of hydrogen-bond acceptors (Lipinski definition) is 11. The molecule has 0 saturated carbocycles. The molecule has 16 heteroatoms. The van der Waals surface area contributed by atoms with Gasteiger partial charge in [-0.25, -0.2) is 20.7 Å². The Kier molecular flexibility index (Phi) is 24.1. The Bertz CT molecular complexity index is 1100. The van der Waals surface area contributed by atoms with Gasteiger partial charge in [-0.1, -0.05) is 30.1 Å². The molecule has 0 aliphatic rings. The number of ether oxygens (including phenoxy) is 6. The Morgan fingerprint density at radius 2 is 1.11 bits per heavy atom. The van der Waals surface area contributed by atoms with E-state index >= 15 is 0 Å². The van der Waals surface area contributed by atoms with Crippen LogP contribution in [0.2, 0.25) is 10.0 Å². The summed E-state index contributed by atoms with van der Waals surface area (Å²) >= 11 is 12.1. The van der Waals surface area contributed by atoms with E-state index in [1.165, 1.54) is 0 Å². The van der Waals surface area contributed by atoms with Gasteiger partial charge in [0, 0.05) is 38.1 Å². The molecule has 2 aromatic carbocycles. The molecule has 0 spiro atoms. The zero-order chi connectivity index (χ0) is 35.2. The second-order valence-corrected chi connectivity index (χ2v) is 12.1. The molecule has 2 amide bonds. The first-order chi connectivity index (χ1) is 21.6. The van der Waals surface area contributed by atoms with Gasteiger partial charge in [-0.3, -0.25) is 10.6 Å². The molecule has 0 aliphatic heterocycles. The number of rotatable bonds is 14. The monoisotopic (exact) mass is 709 g/mol. The van der Waals surface area contributed by atoms with E-state index in [1.54, 1.807) is 77.9 Å². The van der Waals surface area contributed by atoms with E-state index < -0.39 is 23.4 Å². The highest BCUT2D eigenvalue weighted by Crippen LogP contribution is 2.29. The predicted octanol–water partition coefficient (Wildman–Crippen LogP) is 7.55. The Morgan fingerprint density at radius 3 is 1.45 bits per heavy atom. The number of benzene rings is 2. The van der Waals surface area contributed by atoms with E-state index in [-0.39, 0.29) is 6.90 Å². The highest BCUT2D eigenvalue weighted by Gasteiger charge is 2.18. The summed E-state index contributed by atoms with van der Waals surface area (Å²) in [5.41, 5.74) is 15.3. The van der Waals surface area contributed by atoms with E-state index in [0.29, 0.717) is 79.1 Å². The summed E-state index contributed by atoms with van der Waals surface area (Å²) in [6, 6.07) is 9.96. The van der Waals surface area contributed by atoms with Crippen molar-refractivity contribution < 1.29 is 44.9 Å². The number of halogens is 2. The van der Waals surface area contributed by atoms with E-state index in [0.717, 1.165) is 6.42 Å². The molecular formula is C31H53Cl2N5O9. The van der Waals surface area contributed by atoms with E-state index in [1.807, 2.05) is 6.92 Å². The van der Waals surface area contributed by atoms with Crippen molar-refractivity contribution in [2.75, 3.05) is 56.8 Å². The summed E-state index contributed by atoms with van der Waals surface area (Å²) in [5, 5.41) is 6.20. The highest BCUT2D eigenvalue weighted by atomic mass is 35.5. The van der Waals surface area contributed by atoms with E-state index in [2.05, 4.69) is 10.6 Å². The summed E-state index contributed by atoms with van der Waals surface area (Å²) in [6.07, 6.45) is -0.0881. The Morgan fingerprint density at radius 1 is 0.723 bits per heavy atom. The average Bonchev–Trinajstić information content (AvgIpc) is 2.95. The summed E-state index contributed by atoms with van der Waals surface area (Å²) in [5.74, 6) is 0.960. The third kappa shape index (κ3) is 23.6. The standard InChI is InChI=1S/C16H24ClNO4.C15H23ClN2O4.H2N2.H2O.H2/c1-5-8-20-9-10-21-14-11-12(6-7-13(14)17)18-15(19)22-16(2,3)4;1-15(2,3)22-14(19)18-11-4-5-12(16)13(10-11)21-9-8-20-7-6-17;1-2;;/h6-7,11H,5,8-10H2,1-4H3,(H,18,19);4-5,10H,6-9,17H2,1-3H3,(H,18,19);1-2H;1H2;1H. The van der Waals surface area contributed by atoms with Crippen LogP contribution in [0.15, 0.2) is 36.4 Å². The third-order valence-corrected chi connectivity index (χ3v) is 5.36. The molecule has 0 bridgehead atoms. The number of carbonyl (C=O) groups is 2. The molecule has 2 aromatic rings. The number of nitrogens with two attached hydrogens (primary N) is 1. The smallest absolute Gasteiger partial charge is 0.412 e. The molecular weight excluding hydrogens is 657 g/mol. The van der Waals surface area contributed by atoms with Crippen molar-refractivity contribution >= 4 is 46.8 Å². The maximum Gasteiger partial charge on any atom is 0.412 e. The topological polar surface area (TPSA) is 219 Å². The SMILES string of the molecule is CC(C)(C)OC(=O)Nc1ccc(Cl)c(OCCOCCN)c1.CCCOCCOc1cc(NC(=O)OC(C)(C)C)ccc1Cl.N=N.O.[HH]. The predicted molar refractivity (Wildman–Crippen MR) is 186 cm³/mol. The van der Waals surface area contributed by atoms with Gasteiger partial charge in [0.2, 0.25) is 0 Å². The van der Waals surface area contributed by atoms with Crippen molar-refractivity contribution in [3.63, 3.8) is 0 Å². The molecule has 0 atom stereocenters. The largest absolute Gasteiger partial charge is 0.490 e. The van der Waals surface area contributed by atoms with Crippen molar-refractivity contribution in [2.45, 2.75) is 66.1 Å². The van der Waals surface area contributed by atoms with Crippen LogP contribution < -0.4 is 25.8 Å². The number of nitrogens with one attached hydrogen (secondary N) is 4. The number of carbonyl (C=O) groups excluding carboxylic acids is 2. The van der Waals surface area contributed by atoms with Crippen LogP contribution in [0.1, 0.15) is 56.3 Å². The third-order valence-electron chi connectivity index (χ3n) is 4.73. The Balaban J connectivity index is -0.000000771. The molecule has 0 aromatic heterocycles.